The van der Waals surface area contributed by atoms with Gasteiger partial charge in [-0.2, -0.15) is 5.53 Å². The summed E-state index contributed by atoms with van der Waals surface area (Å²) in [5, 5.41) is 0. The van der Waals surface area contributed by atoms with Crippen molar-refractivity contribution >= 4 is 0 Å². The molecule has 3 N–H and O–H groups in total. The van der Waals surface area contributed by atoms with Gasteiger partial charge in [0.15, 0.2) is 0 Å². The van der Waals surface area contributed by atoms with Crippen molar-refractivity contribution in [1.82, 2.24) is 16.4 Å². The Hall–Kier alpha value is -0.120. The molecule has 0 amide bonds. The molecule has 1 saturated heterocycles. The minimum absolute atomic E-state index is 0.434. The van der Waals surface area contributed by atoms with Gasteiger partial charge in [0.25, 0.3) is 0 Å². The molecule has 2 fully saturated rings. The molecule has 2 rings (SSSR count). The van der Waals surface area contributed by atoms with Gasteiger partial charge < -0.3 is 0 Å². The Morgan fingerprint density at radius 3 is 2.36 bits per heavy atom. The summed E-state index contributed by atoms with van der Waals surface area (Å²) in [6.45, 7) is 1.10. The van der Waals surface area contributed by atoms with Crippen LogP contribution < -0.4 is 16.4 Å². The quantitative estimate of drug-likeness (QED) is 0.482. The highest BCUT2D eigenvalue weighted by molar-refractivity contribution is 4.91. The van der Waals surface area contributed by atoms with E-state index in [1.54, 1.807) is 0 Å². The molecule has 1 saturated carbocycles. The average molecular weight is 155 g/mol. The Bertz CT molecular complexity index is 104. The second-order valence-corrected chi connectivity index (χ2v) is 3.77. The van der Waals surface area contributed by atoms with Crippen LogP contribution in [0.3, 0.4) is 0 Å². The molecule has 3 heteroatoms. The number of nitrogens with one attached hydrogen (secondary N) is 3. The highest BCUT2D eigenvalue weighted by Gasteiger charge is 2.32. The molecule has 0 aromatic carbocycles. The van der Waals surface area contributed by atoms with Gasteiger partial charge in [-0.15, -0.1) is 0 Å². The third-order valence-corrected chi connectivity index (χ3v) is 2.96. The van der Waals surface area contributed by atoms with Gasteiger partial charge in [-0.1, -0.05) is 19.3 Å². The summed E-state index contributed by atoms with van der Waals surface area (Å²) in [7, 11) is 0. The zero-order valence-corrected chi connectivity index (χ0v) is 6.95. The second-order valence-electron chi connectivity index (χ2n) is 3.77. The highest BCUT2D eigenvalue weighted by atomic mass is 15.6. The van der Waals surface area contributed by atoms with E-state index in [0.717, 1.165) is 6.54 Å². The summed E-state index contributed by atoms with van der Waals surface area (Å²) in [6, 6.07) is 0. The first-order valence-electron chi connectivity index (χ1n) is 4.66. The predicted octanol–water partition coefficient (Wildman–Crippen LogP) is 0.692. The average Bonchev–Trinajstić information content (AvgIpc) is 2.07. The fraction of sp³-hybridized carbons (Fsp3) is 1.00. The fourth-order valence-corrected chi connectivity index (χ4v) is 2.21. The Labute approximate surface area is 67.9 Å². The Morgan fingerprint density at radius 2 is 1.73 bits per heavy atom. The van der Waals surface area contributed by atoms with Crippen LogP contribution in [0.15, 0.2) is 0 Å². The molecule has 0 unspecified atom stereocenters. The molecule has 1 spiro atoms. The molecular weight excluding hydrogens is 138 g/mol. The van der Waals surface area contributed by atoms with Crippen molar-refractivity contribution in [3.8, 4) is 0 Å². The van der Waals surface area contributed by atoms with Crippen molar-refractivity contribution in [3.63, 3.8) is 0 Å². The lowest BCUT2D eigenvalue weighted by molar-refractivity contribution is 0.137. The lowest BCUT2D eigenvalue weighted by atomic mass is 9.79. The van der Waals surface area contributed by atoms with E-state index < -0.39 is 0 Å². The lowest BCUT2D eigenvalue weighted by Crippen LogP contribution is -2.63. The maximum atomic E-state index is 3.37. The summed E-state index contributed by atoms with van der Waals surface area (Å²) in [5.41, 5.74) is 9.95. The van der Waals surface area contributed by atoms with Crippen LogP contribution in [-0.2, 0) is 0 Å². The van der Waals surface area contributed by atoms with E-state index in [0.29, 0.717) is 5.54 Å². The maximum Gasteiger partial charge on any atom is 0.0349 e. The van der Waals surface area contributed by atoms with Gasteiger partial charge in [0.1, 0.15) is 0 Å². The number of hydrogen-bond donors (Lipinski definition) is 3. The molecule has 64 valence electrons. The van der Waals surface area contributed by atoms with Crippen LogP contribution in [0.2, 0.25) is 0 Å². The van der Waals surface area contributed by atoms with Crippen LogP contribution in [0.4, 0.5) is 0 Å². The van der Waals surface area contributed by atoms with Crippen LogP contribution in [0.1, 0.15) is 38.5 Å². The third-order valence-electron chi connectivity index (χ3n) is 2.96. The van der Waals surface area contributed by atoms with Crippen molar-refractivity contribution in [3.05, 3.63) is 0 Å². The van der Waals surface area contributed by atoms with E-state index in [2.05, 4.69) is 16.4 Å². The molecule has 11 heavy (non-hydrogen) atoms. The highest BCUT2D eigenvalue weighted by Crippen LogP contribution is 2.30. The molecular formula is C8H17N3. The predicted molar refractivity (Wildman–Crippen MR) is 44.7 cm³/mol. The monoisotopic (exact) mass is 155 g/mol. The smallest absolute Gasteiger partial charge is 0.0349 e. The molecule has 0 atom stereocenters. The van der Waals surface area contributed by atoms with Gasteiger partial charge in [0.05, 0.1) is 0 Å². The van der Waals surface area contributed by atoms with Gasteiger partial charge in [-0.05, 0) is 19.3 Å². The first-order valence-corrected chi connectivity index (χ1v) is 4.66. The standard InChI is InChI=1S/C8H17N3/c1-2-4-8(5-3-1)6-7-9-11-10-8/h9-11H,1-7H2. The van der Waals surface area contributed by atoms with E-state index in [1.165, 1.54) is 38.5 Å². The maximum absolute atomic E-state index is 3.37. The minimum Gasteiger partial charge on any atom is -0.244 e. The molecule has 2 aliphatic rings. The molecule has 1 heterocycles. The first-order chi connectivity index (χ1) is 5.41. The van der Waals surface area contributed by atoms with Crippen molar-refractivity contribution in [2.24, 2.45) is 0 Å². The van der Waals surface area contributed by atoms with Crippen LogP contribution in [-0.4, -0.2) is 12.1 Å². The van der Waals surface area contributed by atoms with E-state index in [4.69, 9.17) is 0 Å². The van der Waals surface area contributed by atoms with Crippen LogP contribution in [0.25, 0.3) is 0 Å². The molecule has 0 bridgehead atoms. The molecule has 0 radical (unpaired) electrons. The zero-order valence-electron chi connectivity index (χ0n) is 6.95. The zero-order chi connectivity index (χ0) is 7.57. The van der Waals surface area contributed by atoms with Crippen LogP contribution >= 0.6 is 0 Å². The van der Waals surface area contributed by atoms with Crippen molar-refractivity contribution in [1.29, 1.82) is 0 Å². The number of hydrogen-bond acceptors (Lipinski definition) is 3. The van der Waals surface area contributed by atoms with E-state index >= 15 is 0 Å². The van der Waals surface area contributed by atoms with Crippen molar-refractivity contribution < 1.29 is 0 Å². The summed E-state index contributed by atoms with van der Waals surface area (Å²) in [4.78, 5) is 0. The normalized spacial score (nSPS) is 30.5. The minimum atomic E-state index is 0.434. The molecule has 0 aromatic rings. The van der Waals surface area contributed by atoms with Gasteiger partial charge in [-0.25, -0.2) is 10.9 Å². The number of hydrazine groups is 2. The Morgan fingerprint density at radius 1 is 0.909 bits per heavy atom. The van der Waals surface area contributed by atoms with Crippen molar-refractivity contribution in [2.75, 3.05) is 6.54 Å². The SMILES string of the molecule is C1CCC2(CC1)CCNNN2. The van der Waals surface area contributed by atoms with Crippen LogP contribution in [0.5, 0.6) is 0 Å². The summed E-state index contributed by atoms with van der Waals surface area (Å²) in [5.74, 6) is 0. The number of rotatable bonds is 0. The van der Waals surface area contributed by atoms with Gasteiger partial charge in [-0.3, -0.25) is 0 Å². The van der Waals surface area contributed by atoms with E-state index in [1.807, 2.05) is 0 Å². The molecule has 1 aliphatic carbocycles. The molecule has 0 aromatic heterocycles. The topological polar surface area (TPSA) is 36.1 Å². The summed E-state index contributed by atoms with van der Waals surface area (Å²) >= 11 is 0. The van der Waals surface area contributed by atoms with E-state index in [-0.39, 0.29) is 0 Å². The Balaban J connectivity index is 1.94. The van der Waals surface area contributed by atoms with Gasteiger partial charge >= 0.3 is 0 Å². The summed E-state index contributed by atoms with van der Waals surface area (Å²) in [6.07, 6.45) is 8.20. The third kappa shape index (κ3) is 1.55. The fourth-order valence-electron chi connectivity index (χ4n) is 2.21. The lowest BCUT2D eigenvalue weighted by Gasteiger charge is -2.41. The molecule has 1 aliphatic heterocycles. The second kappa shape index (κ2) is 3.09. The summed E-state index contributed by atoms with van der Waals surface area (Å²) < 4.78 is 0. The Kier molecular flexibility index (Phi) is 2.11. The molecule has 3 nitrogen and oxygen atoms in total. The van der Waals surface area contributed by atoms with E-state index in [9.17, 15) is 0 Å². The largest absolute Gasteiger partial charge is 0.244 e. The van der Waals surface area contributed by atoms with Gasteiger partial charge in [0.2, 0.25) is 0 Å². The van der Waals surface area contributed by atoms with Crippen LogP contribution in [0, 0.1) is 0 Å². The van der Waals surface area contributed by atoms with Gasteiger partial charge in [0, 0.05) is 12.1 Å². The first kappa shape index (κ1) is 7.53. The van der Waals surface area contributed by atoms with Crippen molar-refractivity contribution in [2.45, 2.75) is 44.1 Å².